The Hall–Kier alpha value is -0.760. The Morgan fingerprint density at radius 3 is 2.60 bits per heavy atom. The predicted molar refractivity (Wildman–Crippen MR) is 37.9 cm³/mol. The van der Waals surface area contributed by atoms with E-state index in [4.69, 9.17) is 16.7 Å². The normalized spacial score (nSPS) is 9.80. The van der Waals surface area contributed by atoms with Gasteiger partial charge in [0.1, 0.15) is 12.4 Å². The summed E-state index contributed by atoms with van der Waals surface area (Å²) in [5.41, 5.74) is 0.157. The van der Waals surface area contributed by atoms with Crippen molar-refractivity contribution in [1.29, 1.82) is 0 Å². The van der Waals surface area contributed by atoms with Crippen LogP contribution in [-0.2, 0) is 6.67 Å². The molecule has 1 N–H and O–H groups in total. The molecule has 0 unspecified atom stereocenters. The molecule has 0 spiro atoms. The molecule has 1 rings (SSSR count). The summed E-state index contributed by atoms with van der Waals surface area (Å²) < 4.78 is 12.0. The van der Waals surface area contributed by atoms with Gasteiger partial charge >= 0.3 is 0 Å². The third kappa shape index (κ3) is 1.21. The molecule has 0 heterocycles. The molecule has 0 bridgehead atoms. The fraction of sp³-hybridized carbons (Fsp3) is 0.143. The van der Waals surface area contributed by atoms with E-state index in [2.05, 4.69) is 0 Å². The van der Waals surface area contributed by atoms with Gasteiger partial charge in [-0.15, -0.1) is 0 Å². The predicted octanol–water partition coefficient (Wildman–Crippen LogP) is 2.52. The molecule has 0 aliphatic carbocycles. The summed E-state index contributed by atoms with van der Waals surface area (Å²) in [7, 11) is 0. The van der Waals surface area contributed by atoms with Crippen LogP contribution < -0.4 is 0 Å². The SMILES string of the molecule is Oc1cccc(Cl)c1CF. The molecule has 1 aromatic carbocycles. The largest absolute Gasteiger partial charge is 0.508 e. The molecule has 0 radical (unpaired) electrons. The van der Waals surface area contributed by atoms with Gasteiger partial charge in [-0.05, 0) is 12.1 Å². The second-order valence-corrected chi connectivity index (χ2v) is 2.28. The van der Waals surface area contributed by atoms with Crippen molar-refractivity contribution in [3.8, 4) is 5.75 Å². The highest BCUT2D eigenvalue weighted by Crippen LogP contribution is 2.25. The monoisotopic (exact) mass is 160 g/mol. The molecule has 3 heteroatoms. The molecular weight excluding hydrogens is 155 g/mol. The number of hydrogen-bond donors (Lipinski definition) is 1. The molecule has 0 atom stereocenters. The Bertz CT molecular complexity index is 217. The fourth-order valence-electron chi connectivity index (χ4n) is 0.680. The summed E-state index contributed by atoms with van der Waals surface area (Å²) >= 11 is 5.53. The summed E-state index contributed by atoms with van der Waals surface area (Å²) in [5.74, 6) is -0.0880. The third-order valence-corrected chi connectivity index (χ3v) is 1.58. The van der Waals surface area contributed by atoms with Gasteiger partial charge in [0.05, 0.1) is 5.02 Å². The number of phenolic OH excluding ortho intramolecular Hbond substituents is 1. The Morgan fingerprint density at radius 2 is 2.20 bits per heavy atom. The first-order chi connectivity index (χ1) is 4.75. The minimum atomic E-state index is -0.731. The zero-order chi connectivity index (χ0) is 7.56. The first-order valence-corrected chi connectivity index (χ1v) is 3.16. The van der Waals surface area contributed by atoms with E-state index in [0.717, 1.165) is 0 Å². The molecule has 0 saturated carbocycles. The lowest BCUT2D eigenvalue weighted by Gasteiger charge is -1.99. The molecule has 0 fully saturated rings. The Kier molecular flexibility index (Phi) is 2.12. The minimum Gasteiger partial charge on any atom is -0.508 e. The molecule has 0 aliphatic heterocycles. The van der Waals surface area contributed by atoms with Crippen molar-refractivity contribution in [3.63, 3.8) is 0 Å². The van der Waals surface area contributed by atoms with E-state index in [1.807, 2.05) is 0 Å². The Morgan fingerprint density at radius 1 is 1.50 bits per heavy atom. The number of phenols is 1. The van der Waals surface area contributed by atoms with E-state index in [0.29, 0.717) is 0 Å². The third-order valence-electron chi connectivity index (χ3n) is 1.23. The quantitative estimate of drug-likeness (QED) is 0.669. The van der Waals surface area contributed by atoms with Gasteiger partial charge in [0.15, 0.2) is 0 Å². The number of halogens is 2. The molecule has 54 valence electrons. The highest BCUT2D eigenvalue weighted by atomic mass is 35.5. The van der Waals surface area contributed by atoms with Crippen molar-refractivity contribution in [1.82, 2.24) is 0 Å². The molecular formula is C7H6ClFO. The molecule has 0 aromatic heterocycles. The summed E-state index contributed by atoms with van der Waals surface area (Å²) in [4.78, 5) is 0. The summed E-state index contributed by atoms with van der Waals surface area (Å²) in [5, 5.41) is 9.23. The topological polar surface area (TPSA) is 20.2 Å². The standard InChI is InChI=1S/C7H6ClFO/c8-6-2-1-3-7(10)5(6)4-9/h1-3,10H,4H2. The summed E-state index contributed by atoms with van der Waals surface area (Å²) in [6.07, 6.45) is 0. The van der Waals surface area contributed by atoms with Crippen molar-refractivity contribution in [2.45, 2.75) is 6.67 Å². The van der Waals surface area contributed by atoms with Crippen LogP contribution in [-0.4, -0.2) is 5.11 Å². The second kappa shape index (κ2) is 2.88. The average molecular weight is 161 g/mol. The molecule has 1 aromatic rings. The van der Waals surface area contributed by atoms with Crippen LogP contribution in [0.1, 0.15) is 5.56 Å². The van der Waals surface area contributed by atoms with Crippen molar-refractivity contribution < 1.29 is 9.50 Å². The number of aromatic hydroxyl groups is 1. The van der Waals surface area contributed by atoms with E-state index >= 15 is 0 Å². The molecule has 10 heavy (non-hydrogen) atoms. The maximum atomic E-state index is 12.0. The van der Waals surface area contributed by atoms with E-state index in [1.54, 1.807) is 6.07 Å². The van der Waals surface area contributed by atoms with Gasteiger partial charge in [-0.2, -0.15) is 0 Å². The van der Waals surface area contributed by atoms with Crippen molar-refractivity contribution in [2.75, 3.05) is 0 Å². The lowest BCUT2D eigenvalue weighted by molar-refractivity contribution is 0.433. The number of hydrogen-bond acceptors (Lipinski definition) is 1. The van der Waals surface area contributed by atoms with Crippen LogP contribution >= 0.6 is 11.6 Å². The van der Waals surface area contributed by atoms with Crippen molar-refractivity contribution >= 4 is 11.6 Å². The first-order valence-electron chi connectivity index (χ1n) is 2.78. The van der Waals surface area contributed by atoms with Crippen LogP contribution in [0.25, 0.3) is 0 Å². The smallest absolute Gasteiger partial charge is 0.122 e. The van der Waals surface area contributed by atoms with Gasteiger partial charge in [0.2, 0.25) is 0 Å². The fourth-order valence-corrected chi connectivity index (χ4v) is 0.900. The number of rotatable bonds is 1. The summed E-state index contributed by atoms with van der Waals surface area (Å²) in [6.45, 7) is -0.731. The van der Waals surface area contributed by atoms with Crippen molar-refractivity contribution in [3.05, 3.63) is 28.8 Å². The lowest BCUT2D eigenvalue weighted by atomic mass is 10.2. The van der Waals surface area contributed by atoms with Crippen LogP contribution in [0.2, 0.25) is 5.02 Å². The number of benzene rings is 1. The first kappa shape index (κ1) is 7.35. The van der Waals surface area contributed by atoms with Gasteiger partial charge in [-0.3, -0.25) is 0 Å². The van der Waals surface area contributed by atoms with Gasteiger partial charge in [0.25, 0.3) is 0 Å². The van der Waals surface area contributed by atoms with Gasteiger partial charge in [-0.25, -0.2) is 4.39 Å². The summed E-state index contributed by atoms with van der Waals surface area (Å²) in [6, 6.07) is 4.51. The maximum Gasteiger partial charge on any atom is 0.122 e. The zero-order valence-corrected chi connectivity index (χ0v) is 5.90. The van der Waals surface area contributed by atoms with Crippen LogP contribution in [0, 0.1) is 0 Å². The Balaban J connectivity index is 3.17. The maximum absolute atomic E-state index is 12.0. The molecule has 0 amide bonds. The highest BCUT2D eigenvalue weighted by molar-refractivity contribution is 6.31. The average Bonchev–Trinajstić information content (AvgIpc) is 1.88. The van der Waals surface area contributed by atoms with Gasteiger partial charge in [-0.1, -0.05) is 17.7 Å². The Labute approximate surface area is 63.1 Å². The zero-order valence-electron chi connectivity index (χ0n) is 5.14. The molecule has 0 saturated heterocycles. The van der Waals surface area contributed by atoms with Gasteiger partial charge in [0, 0.05) is 5.56 Å². The molecule has 1 nitrogen and oxygen atoms in total. The second-order valence-electron chi connectivity index (χ2n) is 1.87. The highest BCUT2D eigenvalue weighted by Gasteiger charge is 2.03. The van der Waals surface area contributed by atoms with Crippen molar-refractivity contribution in [2.24, 2.45) is 0 Å². The lowest BCUT2D eigenvalue weighted by Crippen LogP contribution is -1.80. The molecule has 0 aliphatic rings. The van der Waals surface area contributed by atoms with Crippen LogP contribution in [0.3, 0.4) is 0 Å². The number of alkyl halides is 1. The van der Waals surface area contributed by atoms with Crippen LogP contribution in [0.15, 0.2) is 18.2 Å². The van der Waals surface area contributed by atoms with E-state index in [1.165, 1.54) is 12.1 Å². The van der Waals surface area contributed by atoms with E-state index in [9.17, 15) is 4.39 Å². The van der Waals surface area contributed by atoms with Gasteiger partial charge < -0.3 is 5.11 Å². The van der Waals surface area contributed by atoms with E-state index in [-0.39, 0.29) is 16.3 Å². The van der Waals surface area contributed by atoms with Crippen LogP contribution in [0.4, 0.5) is 4.39 Å². The van der Waals surface area contributed by atoms with Crippen LogP contribution in [0.5, 0.6) is 5.75 Å². The minimum absolute atomic E-state index is 0.0880. The van der Waals surface area contributed by atoms with E-state index < -0.39 is 6.67 Å².